The molecule has 0 radical (unpaired) electrons. The fourth-order valence-corrected chi connectivity index (χ4v) is 3.45. The summed E-state index contributed by atoms with van der Waals surface area (Å²) >= 11 is 0. The first-order valence-electron chi connectivity index (χ1n) is 10.5. The summed E-state index contributed by atoms with van der Waals surface area (Å²) in [7, 11) is 1.61. The van der Waals surface area contributed by atoms with Gasteiger partial charge in [-0.25, -0.2) is 14.3 Å². The van der Waals surface area contributed by atoms with Gasteiger partial charge >= 0.3 is 5.97 Å². The average Bonchev–Trinajstić information content (AvgIpc) is 3.37. The van der Waals surface area contributed by atoms with Gasteiger partial charge in [-0.3, -0.25) is 9.59 Å². The second-order valence-electron chi connectivity index (χ2n) is 7.53. The van der Waals surface area contributed by atoms with Crippen molar-refractivity contribution in [3.63, 3.8) is 0 Å². The van der Waals surface area contributed by atoms with E-state index in [1.807, 2.05) is 42.7 Å². The second kappa shape index (κ2) is 11.0. The molecule has 33 heavy (non-hydrogen) atoms. The predicted molar refractivity (Wildman–Crippen MR) is 112 cm³/mol. The van der Waals surface area contributed by atoms with Crippen LogP contribution in [0.15, 0.2) is 47.1 Å². The number of hydrogen-bond acceptors (Lipinski definition) is 7. The highest BCUT2D eigenvalue weighted by molar-refractivity contribution is 6.01. The van der Waals surface area contributed by atoms with Crippen molar-refractivity contribution >= 4 is 28.9 Å². The summed E-state index contributed by atoms with van der Waals surface area (Å²) in [6.07, 6.45) is 6.61. The standard InChI is InChI=1S/C23H24N3O6.BrH/c1-30-17-6-7-18-19(15-17)31-23(24-18)16-10-13-25(14-11-16)12-4-2-3-5-22(29)32-26-20(27)8-9-21(26)28;/h6-7,10-11,13-15H,2-5,8-9,12H2,1H3;1H/q+1;/p-1. The van der Waals surface area contributed by atoms with Gasteiger partial charge in [-0.1, -0.05) is 0 Å². The van der Waals surface area contributed by atoms with Crippen LogP contribution in [-0.2, 0) is 25.8 Å². The van der Waals surface area contributed by atoms with Crippen LogP contribution in [0, 0.1) is 0 Å². The van der Waals surface area contributed by atoms with Crippen LogP contribution in [-0.4, -0.2) is 34.9 Å². The van der Waals surface area contributed by atoms with Crippen LogP contribution in [0.25, 0.3) is 22.6 Å². The summed E-state index contributed by atoms with van der Waals surface area (Å²) in [4.78, 5) is 44.1. The fraction of sp³-hybridized carbons (Fsp3) is 0.348. The van der Waals surface area contributed by atoms with E-state index in [4.69, 9.17) is 14.0 Å². The first-order valence-corrected chi connectivity index (χ1v) is 10.5. The maximum atomic E-state index is 11.8. The number of aromatic nitrogens is 2. The van der Waals surface area contributed by atoms with E-state index in [0.29, 0.717) is 23.0 Å². The molecule has 0 spiro atoms. The normalized spacial score (nSPS) is 13.3. The number of benzene rings is 1. The van der Waals surface area contributed by atoms with E-state index in [9.17, 15) is 14.4 Å². The average molecular weight is 518 g/mol. The third-order valence-corrected chi connectivity index (χ3v) is 5.23. The monoisotopic (exact) mass is 517 g/mol. The summed E-state index contributed by atoms with van der Waals surface area (Å²) in [6.45, 7) is 0.795. The molecule has 1 aliphatic rings. The van der Waals surface area contributed by atoms with Crippen molar-refractivity contribution in [2.45, 2.75) is 45.1 Å². The molecular weight excluding hydrogens is 494 g/mol. The van der Waals surface area contributed by atoms with Crippen LogP contribution in [0.2, 0.25) is 0 Å². The zero-order chi connectivity index (χ0) is 22.5. The molecule has 174 valence electrons. The summed E-state index contributed by atoms with van der Waals surface area (Å²) in [5.41, 5.74) is 2.33. The molecule has 0 aliphatic carbocycles. The number of methoxy groups -OCH3 is 1. The highest BCUT2D eigenvalue weighted by Gasteiger charge is 2.32. The number of unbranched alkanes of at least 4 members (excludes halogenated alkanes) is 2. The number of nitrogens with zero attached hydrogens (tertiary/aromatic N) is 3. The van der Waals surface area contributed by atoms with Crippen molar-refractivity contribution in [2.75, 3.05) is 7.11 Å². The Morgan fingerprint density at radius 3 is 2.52 bits per heavy atom. The smallest absolute Gasteiger partial charge is 0.333 e. The molecule has 2 aromatic heterocycles. The molecule has 4 rings (SSSR count). The van der Waals surface area contributed by atoms with E-state index < -0.39 is 17.8 Å². The molecule has 1 saturated heterocycles. The minimum atomic E-state index is -0.554. The molecule has 9 nitrogen and oxygen atoms in total. The van der Waals surface area contributed by atoms with Gasteiger partial charge in [0.05, 0.1) is 7.11 Å². The van der Waals surface area contributed by atoms with E-state index in [-0.39, 0.29) is 36.2 Å². The number of fused-ring (bicyclic) bond motifs is 1. The lowest BCUT2D eigenvalue weighted by molar-refractivity contribution is -0.697. The number of pyridine rings is 1. The maximum Gasteiger partial charge on any atom is 0.333 e. The third kappa shape index (κ3) is 5.95. The molecule has 10 heteroatoms. The number of rotatable bonds is 9. The lowest BCUT2D eigenvalue weighted by atomic mass is 10.2. The lowest BCUT2D eigenvalue weighted by Crippen LogP contribution is -3.00. The number of amides is 2. The maximum absolute atomic E-state index is 11.8. The molecule has 0 atom stereocenters. The van der Waals surface area contributed by atoms with Gasteiger partial charge in [0.1, 0.15) is 17.8 Å². The highest BCUT2D eigenvalue weighted by atomic mass is 79.9. The number of hydroxylamine groups is 2. The van der Waals surface area contributed by atoms with Crippen molar-refractivity contribution in [2.24, 2.45) is 0 Å². The van der Waals surface area contributed by atoms with Crippen LogP contribution in [0.5, 0.6) is 5.75 Å². The third-order valence-electron chi connectivity index (χ3n) is 5.23. The van der Waals surface area contributed by atoms with Crippen LogP contribution in [0.3, 0.4) is 0 Å². The van der Waals surface area contributed by atoms with E-state index in [1.54, 1.807) is 7.11 Å². The van der Waals surface area contributed by atoms with Gasteiger partial charge < -0.3 is 31.0 Å². The molecule has 1 aromatic carbocycles. The van der Waals surface area contributed by atoms with E-state index in [1.165, 1.54) is 0 Å². The van der Waals surface area contributed by atoms with Crippen molar-refractivity contribution in [3.8, 4) is 17.2 Å². The van der Waals surface area contributed by atoms with Gasteiger partial charge in [0, 0.05) is 49.4 Å². The Labute approximate surface area is 201 Å². The summed E-state index contributed by atoms with van der Waals surface area (Å²) in [5.74, 6) is -0.200. The molecule has 2 amide bonds. The fourth-order valence-electron chi connectivity index (χ4n) is 3.45. The van der Waals surface area contributed by atoms with Crippen LogP contribution in [0.4, 0.5) is 0 Å². The highest BCUT2D eigenvalue weighted by Crippen LogP contribution is 2.26. The molecule has 0 bridgehead atoms. The number of aryl methyl sites for hydroxylation is 1. The Hall–Kier alpha value is -3.27. The summed E-state index contributed by atoms with van der Waals surface area (Å²) in [6, 6.07) is 9.41. The predicted octanol–water partition coefficient (Wildman–Crippen LogP) is -0.0375. The topological polar surface area (TPSA) is 103 Å². The Morgan fingerprint density at radius 1 is 1.09 bits per heavy atom. The molecule has 1 aliphatic heterocycles. The second-order valence-corrected chi connectivity index (χ2v) is 7.53. The molecule has 0 N–H and O–H groups in total. The number of carbonyl (C=O) groups excluding carboxylic acids is 3. The zero-order valence-corrected chi connectivity index (χ0v) is 19.7. The Morgan fingerprint density at radius 2 is 1.82 bits per heavy atom. The minimum Gasteiger partial charge on any atom is -1.00 e. The van der Waals surface area contributed by atoms with E-state index >= 15 is 0 Å². The first kappa shape index (κ1) is 24.4. The van der Waals surface area contributed by atoms with E-state index in [2.05, 4.69) is 9.55 Å². The molecule has 3 heterocycles. The number of halogens is 1. The van der Waals surface area contributed by atoms with Crippen molar-refractivity contribution in [3.05, 3.63) is 42.7 Å². The summed E-state index contributed by atoms with van der Waals surface area (Å²) < 4.78 is 13.1. The quantitative estimate of drug-likeness (QED) is 0.223. The van der Waals surface area contributed by atoms with Crippen molar-refractivity contribution in [1.82, 2.24) is 10.0 Å². The van der Waals surface area contributed by atoms with Gasteiger partial charge in [-0.2, -0.15) is 0 Å². The first-order chi connectivity index (χ1) is 15.5. The van der Waals surface area contributed by atoms with Gasteiger partial charge in [0.2, 0.25) is 5.89 Å². The summed E-state index contributed by atoms with van der Waals surface area (Å²) in [5, 5.41) is 0.590. The van der Waals surface area contributed by atoms with Gasteiger partial charge in [-0.05, 0) is 25.0 Å². The SMILES string of the molecule is COc1ccc2nc(-c3cc[n+](CCCCCC(=O)ON4C(=O)CCC4=O)cc3)oc2c1.[Br-]. The van der Waals surface area contributed by atoms with Crippen molar-refractivity contribution in [1.29, 1.82) is 0 Å². The molecule has 1 fully saturated rings. The van der Waals surface area contributed by atoms with Gasteiger partial charge in [0.25, 0.3) is 11.8 Å². The minimum absolute atomic E-state index is 0. The Bertz CT molecular complexity index is 1130. The number of imide groups is 1. The number of carbonyl (C=O) groups is 3. The molecule has 3 aromatic rings. The lowest BCUT2D eigenvalue weighted by Gasteiger charge is -2.12. The van der Waals surface area contributed by atoms with Crippen LogP contribution in [0.1, 0.15) is 38.5 Å². The largest absolute Gasteiger partial charge is 1.00 e. The van der Waals surface area contributed by atoms with Crippen molar-refractivity contribution < 1.29 is 49.9 Å². The number of oxazole rings is 1. The zero-order valence-electron chi connectivity index (χ0n) is 18.2. The molecule has 0 unspecified atom stereocenters. The molecule has 0 saturated carbocycles. The van der Waals surface area contributed by atoms with E-state index in [0.717, 1.165) is 36.2 Å². The molecular formula is C23H24BrN3O6. The number of hydrogen-bond donors (Lipinski definition) is 0. The Balaban J connectivity index is 0.00000306. The van der Waals surface area contributed by atoms with Crippen LogP contribution >= 0.6 is 0 Å². The van der Waals surface area contributed by atoms with Crippen LogP contribution < -0.4 is 26.3 Å². The number of ether oxygens (including phenoxy) is 1. The van der Waals surface area contributed by atoms with Gasteiger partial charge in [0.15, 0.2) is 18.0 Å². The Kier molecular flexibility index (Phi) is 8.16. The van der Waals surface area contributed by atoms with Gasteiger partial charge in [-0.15, -0.1) is 5.06 Å².